The summed E-state index contributed by atoms with van der Waals surface area (Å²) in [5, 5.41) is 7.25. The summed E-state index contributed by atoms with van der Waals surface area (Å²) < 4.78 is 15.5. The lowest BCUT2D eigenvalue weighted by atomic mass is 9.90. The molecule has 0 bridgehead atoms. The summed E-state index contributed by atoms with van der Waals surface area (Å²) >= 11 is 0. The molecule has 2 unspecified atom stereocenters. The first kappa shape index (κ1) is 28.2. The summed E-state index contributed by atoms with van der Waals surface area (Å²) in [7, 11) is 3.40. The monoisotopic (exact) mass is 598 g/mol. The smallest absolute Gasteiger partial charge is 0.325 e. The van der Waals surface area contributed by atoms with Crippen LogP contribution in [0.3, 0.4) is 0 Å². The van der Waals surface area contributed by atoms with Gasteiger partial charge in [0, 0.05) is 38.4 Å². The maximum absolute atomic E-state index is 13.9. The summed E-state index contributed by atoms with van der Waals surface area (Å²) in [4.78, 5) is 57.5. The van der Waals surface area contributed by atoms with E-state index in [1.165, 1.54) is 11.0 Å². The first-order valence-corrected chi connectivity index (χ1v) is 15.2. The zero-order chi connectivity index (χ0) is 30.7. The number of halogens is 1. The molecule has 5 amide bonds. The number of urea groups is 1. The van der Waals surface area contributed by atoms with Crippen LogP contribution in [-0.4, -0.2) is 74.9 Å². The van der Waals surface area contributed by atoms with Crippen LogP contribution >= 0.6 is 0 Å². The van der Waals surface area contributed by atoms with Crippen molar-refractivity contribution in [3.63, 3.8) is 0 Å². The van der Waals surface area contributed by atoms with Crippen LogP contribution in [0.2, 0.25) is 0 Å². The standard InChI is InChI=1S/C33H35FN6O4/c1-37(2)29(41)18-38-16-25(15-35-38)21-6-9-27-23(13-21)11-12-33(27)31(43)40(32(44)36-33)19-30(42)39-17-24-5-8-26(34)14-22(24)7-10-28(39)20-3-4-20/h5-6,8-9,13-16,20,28H,3-4,7,10-12,17-19H2,1-2H3,(H,36,44). The molecule has 228 valence electrons. The molecule has 2 aliphatic carbocycles. The normalized spacial score (nSPS) is 22.6. The maximum Gasteiger partial charge on any atom is 0.325 e. The Bertz CT molecular complexity index is 1700. The van der Waals surface area contributed by atoms with Crippen molar-refractivity contribution in [1.82, 2.24) is 29.8 Å². The molecule has 3 aromatic rings. The SMILES string of the molecule is CN(C)C(=O)Cn1cc(-c2ccc3c(c2)CCC32NC(=O)N(CC(=O)N3Cc4ccc(F)cc4CCC3C3CC3)C2=O)cn1. The summed E-state index contributed by atoms with van der Waals surface area (Å²) in [6, 6.07) is 9.92. The molecule has 3 heterocycles. The Morgan fingerprint density at radius 2 is 1.82 bits per heavy atom. The highest BCUT2D eigenvalue weighted by Gasteiger charge is 2.56. The fourth-order valence-corrected chi connectivity index (χ4v) is 7.07. The highest BCUT2D eigenvalue weighted by molar-refractivity contribution is 6.10. The van der Waals surface area contributed by atoms with Crippen LogP contribution in [-0.2, 0) is 45.9 Å². The fourth-order valence-electron chi connectivity index (χ4n) is 7.07. The van der Waals surface area contributed by atoms with Crippen LogP contribution in [0.15, 0.2) is 48.8 Å². The number of fused-ring (bicyclic) bond motifs is 3. The number of aryl methyl sites for hydroxylation is 2. The molecule has 2 atom stereocenters. The Kier molecular flexibility index (Phi) is 6.78. The Balaban J connectivity index is 1.10. The minimum atomic E-state index is -1.20. The van der Waals surface area contributed by atoms with Crippen molar-refractivity contribution in [3.05, 3.63) is 76.9 Å². The number of imide groups is 1. The van der Waals surface area contributed by atoms with Crippen molar-refractivity contribution in [2.75, 3.05) is 20.6 Å². The molecule has 7 rings (SSSR count). The van der Waals surface area contributed by atoms with E-state index < -0.39 is 17.5 Å². The van der Waals surface area contributed by atoms with E-state index in [-0.39, 0.29) is 36.8 Å². The highest BCUT2D eigenvalue weighted by atomic mass is 19.1. The van der Waals surface area contributed by atoms with Gasteiger partial charge in [-0.15, -0.1) is 0 Å². The average Bonchev–Trinajstić information content (AvgIpc) is 3.61. The van der Waals surface area contributed by atoms with Crippen LogP contribution in [0.5, 0.6) is 0 Å². The van der Waals surface area contributed by atoms with Crippen LogP contribution in [0, 0.1) is 11.7 Å². The fraction of sp³-hybridized carbons (Fsp3) is 0.424. The summed E-state index contributed by atoms with van der Waals surface area (Å²) in [6.45, 7) is 0.153. The number of nitrogens with one attached hydrogen (secondary N) is 1. The largest absolute Gasteiger partial charge is 0.347 e. The molecule has 4 aliphatic rings. The molecule has 1 N–H and O–H groups in total. The molecular formula is C33H35FN6O4. The Morgan fingerprint density at radius 1 is 1.00 bits per heavy atom. The average molecular weight is 599 g/mol. The van der Waals surface area contributed by atoms with E-state index in [4.69, 9.17) is 0 Å². The summed E-state index contributed by atoms with van der Waals surface area (Å²) in [5.74, 6) is -0.625. The predicted molar refractivity (Wildman–Crippen MR) is 158 cm³/mol. The van der Waals surface area contributed by atoms with E-state index in [2.05, 4.69) is 10.4 Å². The molecule has 1 saturated heterocycles. The maximum atomic E-state index is 13.9. The van der Waals surface area contributed by atoms with Gasteiger partial charge in [0.15, 0.2) is 0 Å². The topological polar surface area (TPSA) is 108 Å². The van der Waals surface area contributed by atoms with Gasteiger partial charge in [0.05, 0.1) is 6.20 Å². The number of hydrogen-bond donors (Lipinski definition) is 1. The van der Waals surface area contributed by atoms with E-state index >= 15 is 0 Å². The van der Waals surface area contributed by atoms with E-state index in [1.807, 2.05) is 29.3 Å². The lowest BCUT2D eigenvalue weighted by molar-refractivity contribution is -0.141. The number of aromatic nitrogens is 2. The first-order chi connectivity index (χ1) is 21.1. The molecule has 2 fully saturated rings. The van der Waals surface area contributed by atoms with Gasteiger partial charge in [-0.2, -0.15) is 5.10 Å². The van der Waals surface area contributed by atoms with Gasteiger partial charge in [-0.25, -0.2) is 9.18 Å². The minimum Gasteiger partial charge on any atom is -0.347 e. The minimum absolute atomic E-state index is 0.00340. The molecule has 0 radical (unpaired) electrons. The summed E-state index contributed by atoms with van der Waals surface area (Å²) in [5.41, 5.74) is 4.06. The molecule has 1 saturated carbocycles. The van der Waals surface area contributed by atoms with Crippen molar-refractivity contribution < 1.29 is 23.6 Å². The molecule has 2 aromatic carbocycles. The van der Waals surface area contributed by atoms with Crippen molar-refractivity contribution in [2.45, 2.75) is 63.2 Å². The van der Waals surface area contributed by atoms with Crippen LogP contribution in [0.25, 0.3) is 11.1 Å². The Morgan fingerprint density at radius 3 is 2.59 bits per heavy atom. The molecule has 11 heteroatoms. The lowest BCUT2D eigenvalue weighted by Gasteiger charge is -2.31. The second kappa shape index (κ2) is 10.6. The third-order valence-electron chi connectivity index (χ3n) is 9.67. The van der Waals surface area contributed by atoms with E-state index in [9.17, 15) is 23.6 Å². The number of amides is 5. The van der Waals surface area contributed by atoms with E-state index in [0.29, 0.717) is 31.7 Å². The second-order valence-corrected chi connectivity index (χ2v) is 12.7. The molecule has 1 spiro atoms. The van der Waals surface area contributed by atoms with Gasteiger partial charge < -0.3 is 15.1 Å². The number of hydrogen-bond acceptors (Lipinski definition) is 5. The van der Waals surface area contributed by atoms with E-state index in [1.54, 1.807) is 37.1 Å². The van der Waals surface area contributed by atoms with Gasteiger partial charge in [-0.3, -0.25) is 24.0 Å². The van der Waals surface area contributed by atoms with Gasteiger partial charge >= 0.3 is 6.03 Å². The first-order valence-electron chi connectivity index (χ1n) is 15.2. The molecule has 2 aliphatic heterocycles. The third kappa shape index (κ3) is 4.84. The highest BCUT2D eigenvalue weighted by Crippen LogP contribution is 2.43. The molecule has 44 heavy (non-hydrogen) atoms. The molecule has 10 nitrogen and oxygen atoms in total. The molecule has 1 aromatic heterocycles. The quantitative estimate of drug-likeness (QED) is 0.439. The summed E-state index contributed by atoms with van der Waals surface area (Å²) in [6.07, 6.45) is 8.03. The lowest BCUT2D eigenvalue weighted by Crippen LogP contribution is -2.48. The zero-order valence-corrected chi connectivity index (χ0v) is 24.9. The Labute approximate surface area is 254 Å². The van der Waals surface area contributed by atoms with Crippen LogP contribution in [0.4, 0.5) is 9.18 Å². The number of rotatable bonds is 6. The second-order valence-electron chi connectivity index (χ2n) is 12.7. The number of benzene rings is 2. The van der Waals surface area contributed by atoms with Crippen molar-refractivity contribution >= 4 is 23.8 Å². The van der Waals surface area contributed by atoms with Crippen LogP contribution in [0.1, 0.15) is 47.9 Å². The van der Waals surface area contributed by atoms with Gasteiger partial charge in [0.1, 0.15) is 24.4 Å². The number of carbonyl (C=O) groups is 4. The number of nitrogens with zero attached hydrogens (tertiary/aromatic N) is 5. The van der Waals surface area contributed by atoms with Crippen molar-refractivity contribution in [2.24, 2.45) is 5.92 Å². The predicted octanol–water partition coefficient (Wildman–Crippen LogP) is 3.22. The van der Waals surface area contributed by atoms with Crippen molar-refractivity contribution in [3.8, 4) is 11.1 Å². The zero-order valence-electron chi connectivity index (χ0n) is 24.9. The number of carbonyl (C=O) groups excluding carboxylic acids is 4. The third-order valence-corrected chi connectivity index (χ3v) is 9.67. The number of likely N-dealkylation sites (N-methyl/N-ethyl adjacent to an activating group) is 1. The van der Waals surface area contributed by atoms with Crippen molar-refractivity contribution in [1.29, 1.82) is 0 Å². The van der Waals surface area contributed by atoms with Crippen LogP contribution < -0.4 is 5.32 Å². The van der Waals surface area contributed by atoms with Gasteiger partial charge in [0.25, 0.3) is 5.91 Å². The molecular weight excluding hydrogens is 563 g/mol. The Hall–Kier alpha value is -4.54. The van der Waals surface area contributed by atoms with Gasteiger partial charge in [0.2, 0.25) is 11.8 Å². The van der Waals surface area contributed by atoms with Gasteiger partial charge in [-0.1, -0.05) is 24.3 Å². The van der Waals surface area contributed by atoms with E-state index in [0.717, 1.165) is 57.5 Å². The van der Waals surface area contributed by atoms with Gasteiger partial charge in [-0.05, 0) is 84.4 Å².